The summed E-state index contributed by atoms with van der Waals surface area (Å²) in [4.78, 5) is 17.4. The molecule has 0 radical (unpaired) electrons. The van der Waals surface area contributed by atoms with Crippen LogP contribution >= 0.6 is 0 Å². The Hall–Kier alpha value is -3.39. The van der Waals surface area contributed by atoms with E-state index >= 15 is 0 Å². The van der Waals surface area contributed by atoms with E-state index in [1.54, 1.807) is 18.3 Å². The summed E-state index contributed by atoms with van der Waals surface area (Å²) in [7, 11) is 0. The molecule has 5 rings (SSSR count). The number of piperidine rings is 1. The van der Waals surface area contributed by atoms with Gasteiger partial charge in [0.05, 0.1) is 11.1 Å². The summed E-state index contributed by atoms with van der Waals surface area (Å²) in [6.45, 7) is 1.87. The van der Waals surface area contributed by atoms with Crippen molar-refractivity contribution in [3.05, 3.63) is 70.9 Å². The molecule has 0 bridgehead atoms. The molecule has 3 aromatic rings. The van der Waals surface area contributed by atoms with Gasteiger partial charge in [-0.1, -0.05) is 43.2 Å². The fourth-order valence-electron chi connectivity index (χ4n) is 5.17. The molecule has 1 aromatic heterocycles. The summed E-state index contributed by atoms with van der Waals surface area (Å²) in [5.41, 5.74) is 2.20. The number of anilines is 2. The third-order valence-electron chi connectivity index (χ3n) is 6.94. The van der Waals surface area contributed by atoms with E-state index in [1.165, 1.54) is 12.8 Å². The molecule has 1 aliphatic carbocycles. The quantitative estimate of drug-likeness (QED) is 0.367. The van der Waals surface area contributed by atoms with Gasteiger partial charge in [0.2, 0.25) is 0 Å². The van der Waals surface area contributed by atoms with Crippen molar-refractivity contribution >= 4 is 17.4 Å². The number of nitrogens with zero attached hydrogens (tertiary/aromatic N) is 3. The first-order chi connectivity index (χ1) is 16.7. The van der Waals surface area contributed by atoms with Gasteiger partial charge in [-0.2, -0.15) is 0 Å². The van der Waals surface area contributed by atoms with E-state index in [9.17, 15) is 10.1 Å². The standard InChI is InChI=1S/C26H31N5O3/c32-31(33)22-14-12-21(13-15-22)30-16-6-9-20(18-30)28-23-10-4-5-11-24(23)29-26-27-17-25(34-26)19-7-2-1-3-8-19/h1-3,7-8,12-15,17,20,23-24,28H,4-6,9-11,16,18H2,(H,27,29)/t20?,23-,24-/m1/s1. The maximum atomic E-state index is 11.0. The third kappa shape index (κ3) is 5.22. The number of hydrogen-bond donors (Lipinski definition) is 2. The number of nitro benzene ring substituents is 1. The Morgan fingerprint density at radius 3 is 2.50 bits per heavy atom. The summed E-state index contributed by atoms with van der Waals surface area (Å²) in [6.07, 6.45) is 8.63. The number of aromatic nitrogens is 1. The number of non-ortho nitro benzene ring substituents is 1. The first kappa shape index (κ1) is 22.4. The van der Waals surface area contributed by atoms with Crippen molar-refractivity contribution in [3.8, 4) is 11.3 Å². The van der Waals surface area contributed by atoms with E-state index in [2.05, 4.69) is 20.5 Å². The fourth-order valence-corrected chi connectivity index (χ4v) is 5.17. The number of nitrogens with one attached hydrogen (secondary N) is 2. The number of nitro groups is 1. The van der Waals surface area contributed by atoms with Crippen molar-refractivity contribution in [2.45, 2.75) is 56.7 Å². The molecule has 0 spiro atoms. The molecule has 2 fully saturated rings. The van der Waals surface area contributed by atoms with Gasteiger partial charge in [-0.05, 0) is 37.8 Å². The molecule has 1 saturated carbocycles. The average molecular weight is 462 g/mol. The Morgan fingerprint density at radius 1 is 0.971 bits per heavy atom. The fraction of sp³-hybridized carbons (Fsp3) is 0.423. The molecule has 2 heterocycles. The Balaban J connectivity index is 1.21. The number of benzene rings is 2. The highest BCUT2D eigenvalue weighted by Crippen LogP contribution is 2.28. The van der Waals surface area contributed by atoms with Crippen molar-refractivity contribution in [1.82, 2.24) is 10.3 Å². The van der Waals surface area contributed by atoms with Gasteiger partial charge in [-0.25, -0.2) is 4.98 Å². The van der Waals surface area contributed by atoms with Crippen molar-refractivity contribution in [2.75, 3.05) is 23.3 Å². The molecule has 1 aliphatic heterocycles. The minimum absolute atomic E-state index is 0.133. The van der Waals surface area contributed by atoms with E-state index in [0.717, 1.165) is 55.8 Å². The van der Waals surface area contributed by atoms with Crippen molar-refractivity contribution in [1.29, 1.82) is 0 Å². The molecule has 2 aliphatic rings. The first-order valence-corrected chi connectivity index (χ1v) is 12.2. The van der Waals surface area contributed by atoms with Crippen LogP contribution in [0.4, 0.5) is 17.4 Å². The maximum absolute atomic E-state index is 11.0. The smallest absolute Gasteiger partial charge is 0.295 e. The summed E-state index contributed by atoms with van der Waals surface area (Å²) >= 11 is 0. The molecule has 1 saturated heterocycles. The van der Waals surface area contributed by atoms with Gasteiger partial charge < -0.3 is 20.0 Å². The van der Waals surface area contributed by atoms with E-state index < -0.39 is 0 Å². The lowest BCUT2D eigenvalue weighted by Crippen LogP contribution is -2.54. The second-order valence-corrected chi connectivity index (χ2v) is 9.26. The van der Waals surface area contributed by atoms with Gasteiger partial charge in [0.25, 0.3) is 11.7 Å². The molecule has 3 atom stereocenters. The summed E-state index contributed by atoms with van der Waals surface area (Å²) < 4.78 is 6.01. The molecule has 178 valence electrons. The second kappa shape index (κ2) is 10.3. The molecule has 1 unspecified atom stereocenters. The summed E-state index contributed by atoms with van der Waals surface area (Å²) in [5.74, 6) is 0.773. The minimum Gasteiger partial charge on any atom is -0.424 e. The van der Waals surface area contributed by atoms with E-state index in [4.69, 9.17) is 4.42 Å². The van der Waals surface area contributed by atoms with Crippen LogP contribution in [-0.4, -0.2) is 41.1 Å². The zero-order chi connectivity index (χ0) is 23.3. The van der Waals surface area contributed by atoms with Crippen LogP contribution in [0.5, 0.6) is 0 Å². The Morgan fingerprint density at radius 2 is 1.74 bits per heavy atom. The molecule has 2 N–H and O–H groups in total. The second-order valence-electron chi connectivity index (χ2n) is 9.26. The minimum atomic E-state index is -0.350. The zero-order valence-electron chi connectivity index (χ0n) is 19.2. The lowest BCUT2D eigenvalue weighted by atomic mass is 9.89. The van der Waals surface area contributed by atoms with Crippen molar-refractivity contribution in [3.63, 3.8) is 0 Å². The number of oxazole rings is 1. The molecule has 2 aromatic carbocycles. The maximum Gasteiger partial charge on any atom is 0.295 e. The highest BCUT2D eigenvalue weighted by atomic mass is 16.6. The summed E-state index contributed by atoms with van der Waals surface area (Å²) in [5, 5.41) is 18.4. The van der Waals surface area contributed by atoms with Crippen LogP contribution in [-0.2, 0) is 0 Å². The molecule has 34 heavy (non-hydrogen) atoms. The molecule has 0 amide bonds. The molecule has 8 nitrogen and oxygen atoms in total. The molecule has 8 heteroatoms. The van der Waals surface area contributed by atoms with E-state index in [-0.39, 0.29) is 16.7 Å². The number of hydrogen-bond acceptors (Lipinski definition) is 7. The zero-order valence-corrected chi connectivity index (χ0v) is 19.2. The van der Waals surface area contributed by atoms with Crippen molar-refractivity contribution < 1.29 is 9.34 Å². The molecular formula is C26H31N5O3. The predicted octanol–water partition coefficient (Wildman–Crippen LogP) is 5.23. The Labute approximate surface area is 199 Å². The van der Waals surface area contributed by atoms with E-state index in [0.29, 0.717) is 18.1 Å². The van der Waals surface area contributed by atoms with Crippen LogP contribution in [0.25, 0.3) is 11.3 Å². The van der Waals surface area contributed by atoms with Gasteiger partial charge in [-0.3, -0.25) is 10.1 Å². The van der Waals surface area contributed by atoms with E-state index in [1.807, 2.05) is 42.5 Å². The lowest BCUT2D eigenvalue weighted by molar-refractivity contribution is -0.384. The van der Waals surface area contributed by atoms with Gasteiger partial charge in [-0.15, -0.1) is 0 Å². The average Bonchev–Trinajstić information content (AvgIpc) is 3.35. The van der Waals surface area contributed by atoms with Gasteiger partial charge in [0, 0.05) is 54.6 Å². The SMILES string of the molecule is O=[N+]([O-])c1ccc(N2CCCC(N[C@@H]3CCCC[C@H]3Nc3ncc(-c4ccccc4)o3)C2)cc1. The van der Waals surface area contributed by atoms with Crippen LogP contribution in [0.1, 0.15) is 38.5 Å². The largest absolute Gasteiger partial charge is 0.424 e. The predicted molar refractivity (Wildman–Crippen MR) is 133 cm³/mol. The van der Waals surface area contributed by atoms with Crippen LogP contribution < -0.4 is 15.5 Å². The molecular weight excluding hydrogens is 430 g/mol. The Kier molecular flexibility index (Phi) is 6.76. The van der Waals surface area contributed by atoms with Crippen LogP contribution in [0.2, 0.25) is 0 Å². The third-order valence-corrected chi connectivity index (χ3v) is 6.94. The van der Waals surface area contributed by atoms with Gasteiger partial charge in [0.1, 0.15) is 0 Å². The normalized spacial score (nSPS) is 22.9. The number of rotatable bonds is 7. The van der Waals surface area contributed by atoms with Crippen LogP contribution in [0.15, 0.2) is 65.2 Å². The van der Waals surface area contributed by atoms with Crippen LogP contribution in [0, 0.1) is 10.1 Å². The van der Waals surface area contributed by atoms with Gasteiger partial charge in [0.15, 0.2) is 5.76 Å². The highest BCUT2D eigenvalue weighted by Gasteiger charge is 2.30. The monoisotopic (exact) mass is 461 g/mol. The highest BCUT2D eigenvalue weighted by molar-refractivity contribution is 5.57. The summed E-state index contributed by atoms with van der Waals surface area (Å²) in [6, 6.07) is 18.5. The van der Waals surface area contributed by atoms with Crippen LogP contribution in [0.3, 0.4) is 0 Å². The van der Waals surface area contributed by atoms with Gasteiger partial charge >= 0.3 is 0 Å². The topological polar surface area (TPSA) is 96.5 Å². The first-order valence-electron chi connectivity index (χ1n) is 12.2. The lowest BCUT2D eigenvalue weighted by Gasteiger charge is -2.40. The Bertz CT molecular complexity index is 1090. The van der Waals surface area contributed by atoms with Crippen molar-refractivity contribution in [2.24, 2.45) is 0 Å².